The van der Waals surface area contributed by atoms with E-state index in [2.05, 4.69) is 47.7 Å². The van der Waals surface area contributed by atoms with Gasteiger partial charge in [-0.2, -0.15) is 0 Å². The van der Waals surface area contributed by atoms with Gasteiger partial charge in [0, 0.05) is 25.7 Å². The Hall–Kier alpha value is -0.963. The normalized spacial score (nSPS) is 46.0. The molecule has 0 radical (unpaired) electrons. The van der Waals surface area contributed by atoms with E-state index in [4.69, 9.17) is 23.4 Å². The lowest BCUT2D eigenvalue weighted by Gasteiger charge is -2.67. The molecule has 0 N–H and O–H groups in total. The van der Waals surface area contributed by atoms with Gasteiger partial charge in [-0.1, -0.05) is 34.6 Å². The Bertz CT molecular complexity index is 1030. The summed E-state index contributed by atoms with van der Waals surface area (Å²) in [5.41, 5.74) is -1.16. The zero-order valence-electron chi connectivity index (χ0n) is 26.8. The molecular weight excluding hydrogens is 524 g/mol. The highest BCUT2D eigenvalue weighted by atomic mass is 28.4. The van der Waals surface area contributed by atoms with Gasteiger partial charge in [0.15, 0.2) is 14.1 Å². The van der Waals surface area contributed by atoms with Crippen LogP contribution in [-0.4, -0.2) is 56.1 Å². The van der Waals surface area contributed by atoms with Crippen LogP contribution in [0.15, 0.2) is 0 Å². The molecule has 40 heavy (non-hydrogen) atoms. The minimum absolute atomic E-state index is 0.0735. The molecule has 7 nitrogen and oxygen atoms in total. The van der Waals surface area contributed by atoms with E-state index in [0.717, 1.165) is 38.5 Å². The molecular formula is C32H54O7Si. The Balaban J connectivity index is 1.56. The molecule has 0 bridgehead atoms. The number of carbonyl (C=O) groups is 2. The van der Waals surface area contributed by atoms with Gasteiger partial charge in [0.1, 0.15) is 17.8 Å². The van der Waals surface area contributed by atoms with Crippen molar-refractivity contribution in [1.82, 2.24) is 0 Å². The molecule has 1 saturated heterocycles. The van der Waals surface area contributed by atoms with Gasteiger partial charge in [-0.25, -0.2) is 0 Å². The SMILES string of the molecule is CC(=O)O[C@H]1CC[C@]2(C)C3CC[C@@]4(C)C(CC[C@@H]4O[Si](C)(C)C(C)(C)C)C3[C@H]3OC(C)(C)O[C@@H]3C2(OC(C)=O)C1. The summed E-state index contributed by atoms with van der Waals surface area (Å²) in [6.07, 6.45) is 5.71. The molecule has 8 heteroatoms. The number of carbonyl (C=O) groups excluding carboxylic acids is 2. The Morgan fingerprint density at radius 2 is 1.55 bits per heavy atom. The van der Waals surface area contributed by atoms with Crippen molar-refractivity contribution >= 4 is 20.3 Å². The van der Waals surface area contributed by atoms with E-state index < -0.39 is 25.8 Å². The van der Waals surface area contributed by atoms with Crippen molar-refractivity contribution in [3.63, 3.8) is 0 Å². The molecule has 5 rings (SSSR count). The van der Waals surface area contributed by atoms with Crippen LogP contribution in [0, 0.1) is 28.6 Å². The second kappa shape index (κ2) is 9.52. The number of hydrogen-bond acceptors (Lipinski definition) is 7. The van der Waals surface area contributed by atoms with Gasteiger partial charge in [0.05, 0.1) is 12.2 Å². The average Bonchev–Trinajstić information content (AvgIpc) is 3.29. The van der Waals surface area contributed by atoms with Crippen molar-refractivity contribution in [3.05, 3.63) is 0 Å². The van der Waals surface area contributed by atoms with Crippen LogP contribution >= 0.6 is 0 Å². The van der Waals surface area contributed by atoms with Crippen LogP contribution in [0.5, 0.6) is 0 Å². The first kappa shape index (κ1) is 30.5. The quantitative estimate of drug-likeness (QED) is 0.269. The largest absolute Gasteiger partial charge is 0.462 e. The third-order valence-corrected chi connectivity index (χ3v) is 16.9. The van der Waals surface area contributed by atoms with Crippen LogP contribution in [0.25, 0.3) is 0 Å². The summed E-state index contributed by atoms with van der Waals surface area (Å²) in [7, 11) is -1.94. The fourth-order valence-corrected chi connectivity index (χ4v) is 11.1. The van der Waals surface area contributed by atoms with Gasteiger partial charge in [-0.3, -0.25) is 9.59 Å². The summed E-state index contributed by atoms with van der Waals surface area (Å²) in [6.45, 7) is 23.4. The summed E-state index contributed by atoms with van der Waals surface area (Å²) in [5.74, 6) is -0.358. The maximum Gasteiger partial charge on any atom is 0.303 e. The number of ether oxygens (including phenoxy) is 4. The maximum absolute atomic E-state index is 12.8. The van der Waals surface area contributed by atoms with Gasteiger partial charge >= 0.3 is 11.9 Å². The molecule has 228 valence electrons. The van der Waals surface area contributed by atoms with Gasteiger partial charge < -0.3 is 23.4 Å². The van der Waals surface area contributed by atoms with Crippen LogP contribution in [-0.2, 0) is 33.0 Å². The van der Waals surface area contributed by atoms with E-state index in [9.17, 15) is 9.59 Å². The number of rotatable bonds is 4. The predicted octanol–water partition coefficient (Wildman–Crippen LogP) is 6.78. The first-order valence-electron chi connectivity index (χ1n) is 15.7. The Morgan fingerprint density at radius 1 is 0.875 bits per heavy atom. The van der Waals surface area contributed by atoms with E-state index >= 15 is 0 Å². The molecule has 0 aromatic carbocycles. The van der Waals surface area contributed by atoms with Crippen LogP contribution in [0.3, 0.4) is 0 Å². The first-order chi connectivity index (χ1) is 18.3. The zero-order valence-corrected chi connectivity index (χ0v) is 27.8. The summed E-state index contributed by atoms with van der Waals surface area (Å²) in [6, 6.07) is 0. The van der Waals surface area contributed by atoms with Gasteiger partial charge in [0.2, 0.25) is 0 Å². The van der Waals surface area contributed by atoms with Crippen LogP contribution in [0.4, 0.5) is 0 Å². The maximum atomic E-state index is 12.8. The molecule has 4 aliphatic carbocycles. The summed E-state index contributed by atoms with van der Waals surface area (Å²) in [4.78, 5) is 24.8. The van der Waals surface area contributed by atoms with Crippen LogP contribution < -0.4 is 0 Å². The highest BCUT2D eigenvalue weighted by Gasteiger charge is 2.76. The van der Waals surface area contributed by atoms with Gasteiger partial charge in [-0.15, -0.1) is 0 Å². The molecule has 0 aromatic heterocycles. The fraction of sp³-hybridized carbons (Fsp3) is 0.938. The van der Waals surface area contributed by atoms with E-state index in [-0.39, 0.29) is 52.0 Å². The topological polar surface area (TPSA) is 80.3 Å². The lowest BCUT2D eigenvalue weighted by Crippen LogP contribution is -2.74. The van der Waals surface area contributed by atoms with E-state index in [0.29, 0.717) is 18.3 Å². The summed E-state index contributed by atoms with van der Waals surface area (Å²) in [5, 5.41) is 0.165. The Labute approximate surface area is 242 Å². The lowest BCUT2D eigenvalue weighted by molar-refractivity contribution is -0.284. The van der Waals surface area contributed by atoms with E-state index in [1.807, 2.05) is 13.8 Å². The van der Waals surface area contributed by atoms with E-state index in [1.165, 1.54) is 13.8 Å². The Morgan fingerprint density at radius 3 is 2.15 bits per heavy atom. The van der Waals surface area contributed by atoms with Crippen molar-refractivity contribution in [2.24, 2.45) is 28.6 Å². The van der Waals surface area contributed by atoms with Crippen molar-refractivity contribution in [3.8, 4) is 0 Å². The molecule has 0 aromatic rings. The minimum atomic E-state index is -1.94. The standard InChI is InChI=1S/C32H54O7Si/c1-19(33)35-21-14-17-31(9)23-15-16-30(8)22(12-13-24(30)39-40(10,11)28(3,4)5)25(23)26-27(38-29(6,7)37-26)32(31,18-21)36-20(2)34/h21-27H,12-18H2,1-11H3/t21-,22?,23?,24-,25?,26+,27-,30-,31+,32?/m0/s1. The van der Waals surface area contributed by atoms with Crippen molar-refractivity contribution in [2.75, 3.05) is 0 Å². The van der Waals surface area contributed by atoms with Crippen molar-refractivity contribution in [1.29, 1.82) is 0 Å². The number of hydrogen-bond donors (Lipinski definition) is 0. The summed E-state index contributed by atoms with van der Waals surface area (Å²) >= 11 is 0. The zero-order chi connectivity index (χ0) is 29.7. The van der Waals surface area contributed by atoms with Crippen molar-refractivity contribution < 1.29 is 33.0 Å². The second-order valence-electron chi connectivity index (χ2n) is 16.2. The smallest absolute Gasteiger partial charge is 0.303 e. The molecule has 0 spiro atoms. The van der Waals surface area contributed by atoms with Crippen LogP contribution in [0.2, 0.25) is 18.1 Å². The lowest BCUT2D eigenvalue weighted by atomic mass is 9.42. The van der Waals surface area contributed by atoms with Gasteiger partial charge in [0.25, 0.3) is 0 Å². The molecule has 5 aliphatic rings. The third kappa shape index (κ3) is 4.53. The van der Waals surface area contributed by atoms with E-state index in [1.54, 1.807) is 0 Å². The molecule has 4 unspecified atom stereocenters. The highest BCUT2D eigenvalue weighted by molar-refractivity contribution is 6.74. The molecule has 4 saturated carbocycles. The second-order valence-corrected chi connectivity index (χ2v) is 20.9. The minimum Gasteiger partial charge on any atom is -0.462 e. The van der Waals surface area contributed by atoms with Crippen molar-refractivity contribution in [2.45, 2.75) is 161 Å². The number of esters is 2. The average molecular weight is 579 g/mol. The molecule has 10 atom stereocenters. The molecule has 5 fully saturated rings. The van der Waals surface area contributed by atoms with Crippen LogP contribution in [0.1, 0.15) is 107 Å². The Kier molecular flexibility index (Phi) is 7.26. The number of fused-ring (bicyclic) bond motifs is 8. The predicted molar refractivity (Wildman–Crippen MR) is 155 cm³/mol. The fourth-order valence-electron chi connectivity index (χ4n) is 9.60. The molecule has 0 amide bonds. The first-order valence-corrected chi connectivity index (χ1v) is 18.6. The van der Waals surface area contributed by atoms with Gasteiger partial charge in [-0.05, 0) is 93.7 Å². The summed E-state index contributed by atoms with van der Waals surface area (Å²) < 4.78 is 33.0. The third-order valence-electron chi connectivity index (χ3n) is 12.4. The molecule has 1 aliphatic heterocycles. The highest BCUT2D eigenvalue weighted by Crippen LogP contribution is 2.71. The molecule has 1 heterocycles. The monoisotopic (exact) mass is 578 g/mol.